The molecule has 0 bridgehead atoms. The highest BCUT2D eigenvalue weighted by Gasteiger charge is 2.29. The number of nitrogens with two attached hydrogens (primary N) is 1. The van der Waals surface area contributed by atoms with Crippen molar-refractivity contribution in [3.05, 3.63) is 17.8 Å². The molecule has 1 aromatic rings. The van der Waals surface area contributed by atoms with E-state index in [9.17, 15) is 8.42 Å². The van der Waals surface area contributed by atoms with Gasteiger partial charge in [0.05, 0.1) is 16.1 Å². The molecule has 1 rings (SSSR count). The molecule has 0 atom stereocenters. The summed E-state index contributed by atoms with van der Waals surface area (Å²) in [5.74, 6) is 0.633. The number of pyridine rings is 1. The summed E-state index contributed by atoms with van der Waals surface area (Å²) in [4.78, 5) is 4.23. The number of sulfone groups is 1. The van der Waals surface area contributed by atoms with E-state index in [1.54, 1.807) is 26.0 Å². The summed E-state index contributed by atoms with van der Waals surface area (Å²) < 4.78 is 22.2. The van der Waals surface area contributed by atoms with Gasteiger partial charge in [0.1, 0.15) is 5.82 Å². The van der Waals surface area contributed by atoms with Crippen molar-refractivity contribution >= 4 is 21.3 Å². The van der Waals surface area contributed by atoms with Gasteiger partial charge >= 0.3 is 0 Å². The van der Waals surface area contributed by atoms with Gasteiger partial charge in [-0.25, -0.2) is 13.4 Å². The second kappa shape index (κ2) is 4.52. The summed E-state index contributed by atoms with van der Waals surface area (Å²) in [6, 6.07) is 3.48. The molecule has 96 valence electrons. The largest absolute Gasteiger partial charge is 0.397 e. The maximum atomic E-state index is 11.5. The lowest BCUT2D eigenvalue weighted by molar-refractivity contribution is 0.559. The Morgan fingerprint density at radius 3 is 2.47 bits per heavy atom. The lowest BCUT2D eigenvalue weighted by Crippen LogP contribution is -2.38. The molecule has 0 fully saturated rings. The van der Waals surface area contributed by atoms with Crippen molar-refractivity contribution in [2.75, 3.05) is 23.9 Å². The molecular formula is C11H19N3O2S. The van der Waals surface area contributed by atoms with Crippen molar-refractivity contribution in [1.82, 2.24) is 4.98 Å². The third kappa shape index (κ3) is 3.33. The summed E-state index contributed by atoms with van der Waals surface area (Å²) in [5, 5.41) is 3.01. The number of nitrogens with zero attached hydrogens (tertiary/aromatic N) is 1. The molecule has 0 unspecified atom stereocenters. The van der Waals surface area contributed by atoms with Crippen molar-refractivity contribution in [3.8, 4) is 0 Å². The van der Waals surface area contributed by atoms with E-state index < -0.39 is 14.6 Å². The number of nitrogens with one attached hydrogen (secondary N) is 1. The third-order valence-corrected chi connectivity index (χ3v) is 4.98. The molecule has 17 heavy (non-hydrogen) atoms. The highest BCUT2D eigenvalue weighted by molar-refractivity contribution is 7.92. The molecule has 0 aliphatic carbocycles. The predicted molar refractivity (Wildman–Crippen MR) is 70.8 cm³/mol. The molecular weight excluding hydrogens is 238 g/mol. The van der Waals surface area contributed by atoms with Crippen molar-refractivity contribution in [3.63, 3.8) is 0 Å². The van der Waals surface area contributed by atoms with E-state index in [0.717, 1.165) is 5.69 Å². The van der Waals surface area contributed by atoms with Gasteiger partial charge in [-0.1, -0.05) is 0 Å². The molecule has 5 nitrogen and oxygen atoms in total. The van der Waals surface area contributed by atoms with E-state index in [4.69, 9.17) is 5.73 Å². The molecule has 0 spiro atoms. The van der Waals surface area contributed by atoms with Crippen molar-refractivity contribution in [1.29, 1.82) is 0 Å². The van der Waals surface area contributed by atoms with Crippen molar-refractivity contribution < 1.29 is 8.42 Å². The maximum absolute atomic E-state index is 11.5. The molecule has 1 aromatic heterocycles. The van der Waals surface area contributed by atoms with Gasteiger partial charge in [0.2, 0.25) is 0 Å². The van der Waals surface area contributed by atoms with Gasteiger partial charge in [-0.2, -0.15) is 0 Å². The first-order valence-electron chi connectivity index (χ1n) is 5.30. The van der Waals surface area contributed by atoms with Crippen LogP contribution in [-0.2, 0) is 9.84 Å². The van der Waals surface area contributed by atoms with Crippen LogP contribution in [0, 0.1) is 6.92 Å². The van der Waals surface area contributed by atoms with Crippen LogP contribution in [0.3, 0.4) is 0 Å². The number of aromatic nitrogens is 1. The zero-order chi connectivity index (χ0) is 13.3. The Bertz CT molecular complexity index is 509. The van der Waals surface area contributed by atoms with Gasteiger partial charge in [0, 0.05) is 12.8 Å². The Morgan fingerprint density at radius 1 is 1.41 bits per heavy atom. The number of anilines is 2. The number of hydrogen-bond donors (Lipinski definition) is 2. The standard InChI is InChI=1S/C11H19N3O2S/c1-8-9(12)5-6-10(14-8)13-7-11(2,3)17(4,15)16/h5-6H,7,12H2,1-4H3,(H,13,14). The van der Waals surface area contributed by atoms with E-state index in [1.165, 1.54) is 6.26 Å². The van der Waals surface area contributed by atoms with Crippen LogP contribution < -0.4 is 11.1 Å². The average Bonchev–Trinajstić information content (AvgIpc) is 2.18. The molecule has 0 aliphatic rings. The van der Waals surface area contributed by atoms with Crippen LogP contribution >= 0.6 is 0 Å². The van der Waals surface area contributed by atoms with Crippen LogP contribution in [0.25, 0.3) is 0 Å². The van der Waals surface area contributed by atoms with E-state index in [1.807, 2.05) is 6.92 Å². The summed E-state index contributed by atoms with van der Waals surface area (Å²) in [6.45, 7) is 5.48. The second-order valence-electron chi connectivity index (χ2n) is 4.76. The molecule has 0 saturated heterocycles. The van der Waals surface area contributed by atoms with E-state index in [0.29, 0.717) is 18.1 Å². The summed E-state index contributed by atoms with van der Waals surface area (Å²) >= 11 is 0. The first-order chi connectivity index (χ1) is 7.63. The second-order valence-corrected chi connectivity index (χ2v) is 7.41. The predicted octanol–water partition coefficient (Wildman–Crippen LogP) is 1.21. The molecule has 3 N–H and O–H groups in total. The Kier molecular flexibility index (Phi) is 3.66. The average molecular weight is 257 g/mol. The van der Waals surface area contributed by atoms with Gasteiger partial charge in [-0.3, -0.25) is 0 Å². The van der Waals surface area contributed by atoms with E-state index in [2.05, 4.69) is 10.3 Å². The fourth-order valence-corrected chi connectivity index (χ4v) is 1.44. The van der Waals surface area contributed by atoms with Crippen LogP contribution in [0.15, 0.2) is 12.1 Å². The highest BCUT2D eigenvalue weighted by Crippen LogP contribution is 2.17. The quantitative estimate of drug-likeness (QED) is 0.846. The van der Waals surface area contributed by atoms with Crippen LogP contribution in [0.5, 0.6) is 0 Å². The first-order valence-corrected chi connectivity index (χ1v) is 7.19. The number of aryl methyl sites for hydroxylation is 1. The Morgan fingerprint density at radius 2 is 2.00 bits per heavy atom. The lowest BCUT2D eigenvalue weighted by Gasteiger charge is -2.23. The number of nitrogen functional groups attached to an aromatic ring is 1. The minimum Gasteiger partial charge on any atom is -0.397 e. The van der Waals surface area contributed by atoms with Gasteiger partial charge in [-0.05, 0) is 32.9 Å². The Balaban J connectivity index is 2.78. The smallest absolute Gasteiger partial charge is 0.154 e. The summed E-state index contributed by atoms with van der Waals surface area (Å²) in [7, 11) is -3.11. The number of rotatable bonds is 4. The zero-order valence-corrected chi connectivity index (χ0v) is 11.4. The molecule has 0 aliphatic heterocycles. The minimum absolute atomic E-state index is 0.308. The fourth-order valence-electron chi connectivity index (χ4n) is 1.10. The summed E-state index contributed by atoms with van der Waals surface area (Å²) in [5.41, 5.74) is 7.01. The van der Waals surface area contributed by atoms with Gasteiger partial charge in [0.25, 0.3) is 0 Å². The minimum atomic E-state index is -3.11. The third-order valence-electron chi connectivity index (χ3n) is 2.83. The zero-order valence-electron chi connectivity index (χ0n) is 10.6. The van der Waals surface area contributed by atoms with Crippen molar-refractivity contribution in [2.24, 2.45) is 0 Å². The topological polar surface area (TPSA) is 85.1 Å². The Labute approximate surface area is 102 Å². The monoisotopic (exact) mass is 257 g/mol. The van der Waals surface area contributed by atoms with E-state index in [-0.39, 0.29) is 0 Å². The molecule has 0 amide bonds. The van der Waals surface area contributed by atoms with E-state index >= 15 is 0 Å². The lowest BCUT2D eigenvalue weighted by atomic mass is 10.2. The first kappa shape index (κ1) is 13.8. The highest BCUT2D eigenvalue weighted by atomic mass is 32.2. The van der Waals surface area contributed by atoms with Crippen LogP contribution in [0.4, 0.5) is 11.5 Å². The maximum Gasteiger partial charge on any atom is 0.154 e. The summed E-state index contributed by atoms with van der Waals surface area (Å²) in [6.07, 6.45) is 1.23. The molecule has 0 aromatic carbocycles. The normalized spacial score (nSPS) is 12.5. The Hall–Kier alpha value is -1.30. The van der Waals surface area contributed by atoms with Crippen LogP contribution in [0.2, 0.25) is 0 Å². The number of hydrogen-bond acceptors (Lipinski definition) is 5. The SMILES string of the molecule is Cc1nc(NCC(C)(C)S(C)(=O)=O)ccc1N. The van der Waals surface area contributed by atoms with Crippen molar-refractivity contribution in [2.45, 2.75) is 25.5 Å². The molecule has 0 radical (unpaired) electrons. The molecule has 0 saturated carbocycles. The van der Waals surface area contributed by atoms with Gasteiger partial charge < -0.3 is 11.1 Å². The fraction of sp³-hybridized carbons (Fsp3) is 0.545. The van der Waals surface area contributed by atoms with Gasteiger partial charge in [-0.15, -0.1) is 0 Å². The van der Waals surface area contributed by atoms with Crippen LogP contribution in [-0.4, -0.2) is 30.9 Å². The van der Waals surface area contributed by atoms with Gasteiger partial charge in [0.15, 0.2) is 9.84 Å². The molecule has 1 heterocycles. The molecule has 6 heteroatoms. The van der Waals surface area contributed by atoms with Crippen LogP contribution in [0.1, 0.15) is 19.5 Å².